The monoisotopic (exact) mass is 388 g/mol. The van der Waals surface area contributed by atoms with E-state index >= 15 is 0 Å². The summed E-state index contributed by atoms with van der Waals surface area (Å²) in [5.41, 5.74) is 9.52. The van der Waals surface area contributed by atoms with Crippen molar-refractivity contribution in [1.82, 2.24) is 10.6 Å². The van der Waals surface area contributed by atoms with E-state index in [0.717, 1.165) is 0 Å². The predicted octanol–water partition coefficient (Wildman–Crippen LogP) is -2.35. The number of carboxylic acids is 2. The number of nitrogens with one attached hydrogen (secondary N) is 2. The van der Waals surface area contributed by atoms with Crippen LogP contribution in [0, 0.1) is 0 Å². The highest BCUT2D eigenvalue weighted by Gasteiger charge is 2.25. The topological polar surface area (TPSA) is 194 Å². The van der Waals surface area contributed by atoms with Crippen molar-refractivity contribution < 1.29 is 33.8 Å². The van der Waals surface area contributed by atoms with E-state index in [9.17, 15) is 29.4 Å². The molecule has 0 radical (unpaired) electrons. The zero-order valence-corrected chi connectivity index (χ0v) is 16.0. The normalized spacial score (nSPS) is 12.8. The molecular formula is C14H24N4O7Si. The Morgan fingerprint density at radius 1 is 0.885 bits per heavy atom. The fourth-order valence-electron chi connectivity index (χ4n) is 1.75. The Morgan fingerprint density at radius 2 is 1.35 bits per heavy atom. The van der Waals surface area contributed by atoms with Gasteiger partial charge in [-0.15, -0.1) is 0 Å². The van der Waals surface area contributed by atoms with Crippen molar-refractivity contribution >= 4 is 33.5 Å². The Balaban J connectivity index is 5.83. The molecule has 0 atom stereocenters. The SMILES string of the molecule is CCCN/C(C(N)=O)=C(\O[SiH2]/C(C(=O)O)=C(\NCCC)C(N)=O)C(=O)O. The number of carbonyl (C=O) groups is 4. The van der Waals surface area contributed by atoms with Crippen molar-refractivity contribution in [1.29, 1.82) is 0 Å². The first-order valence-corrected chi connectivity index (χ1v) is 9.09. The number of nitrogens with two attached hydrogens (primary N) is 2. The molecule has 0 rings (SSSR count). The molecule has 146 valence electrons. The first kappa shape index (κ1) is 23.0. The lowest BCUT2D eigenvalue weighted by atomic mass is 10.3. The number of carboxylic acid groups (broad SMARTS) is 2. The fraction of sp³-hybridized carbons (Fsp3) is 0.429. The summed E-state index contributed by atoms with van der Waals surface area (Å²) in [5.74, 6) is -5.93. The van der Waals surface area contributed by atoms with Crippen molar-refractivity contribution in [3.8, 4) is 0 Å². The molecule has 0 fully saturated rings. The smallest absolute Gasteiger partial charge is 0.372 e. The molecule has 0 spiro atoms. The van der Waals surface area contributed by atoms with Crippen LogP contribution in [0.1, 0.15) is 26.7 Å². The molecule has 8 N–H and O–H groups in total. The van der Waals surface area contributed by atoms with Gasteiger partial charge in [0.2, 0.25) is 5.76 Å². The summed E-state index contributed by atoms with van der Waals surface area (Å²) in [5, 5.41) is 23.3. The molecule has 2 amide bonds. The van der Waals surface area contributed by atoms with Crippen molar-refractivity contribution in [3.63, 3.8) is 0 Å². The molecule has 0 aliphatic heterocycles. The van der Waals surface area contributed by atoms with E-state index in [1.54, 1.807) is 13.8 Å². The van der Waals surface area contributed by atoms with Crippen molar-refractivity contribution in [3.05, 3.63) is 22.3 Å². The molecule has 0 aromatic heterocycles. The molecule has 0 saturated heterocycles. The van der Waals surface area contributed by atoms with Gasteiger partial charge in [-0.2, -0.15) is 0 Å². The van der Waals surface area contributed by atoms with Crippen LogP contribution in [0.25, 0.3) is 0 Å². The molecule has 11 nitrogen and oxygen atoms in total. The Morgan fingerprint density at radius 3 is 1.69 bits per heavy atom. The maximum atomic E-state index is 11.5. The highest BCUT2D eigenvalue weighted by atomic mass is 28.2. The second kappa shape index (κ2) is 11.5. The maximum absolute atomic E-state index is 11.5. The summed E-state index contributed by atoms with van der Waals surface area (Å²) < 4.78 is 5.13. The number of amides is 2. The maximum Gasteiger partial charge on any atom is 0.372 e. The van der Waals surface area contributed by atoms with Crippen LogP contribution in [0.15, 0.2) is 22.3 Å². The van der Waals surface area contributed by atoms with Gasteiger partial charge in [-0.25, -0.2) is 9.59 Å². The average molecular weight is 388 g/mol. The van der Waals surface area contributed by atoms with Crippen molar-refractivity contribution in [2.45, 2.75) is 26.7 Å². The predicted molar refractivity (Wildman–Crippen MR) is 93.9 cm³/mol. The van der Waals surface area contributed by atoms with Gasteiger partial charge in [0.25, 0.3) is 21.6 Å². The van der Waals surface area contributed by atoms with Crippen LogP contribution in [0.3, 0.4) is 0 Å². The van der Waals surface area contributed by atoms with Gasteiger partial charge in [0, 0.05) is 13.1 Å². The molecular weight excluding hydrogens is 364 g/mol. The van der Waals surface area contributed by atoms with Crippen LogP contribution in [0.2, 0.25) is 0 Å². The van der Waals surface area contributed by atoms with E-state index in [-0.39, 0.29) is 18.8 Å². The molecule has 0 bridgehead atoms. The number of hydrogen-bond donors (Lipinski definition) is 6. The summed E-state index contributed by atoms with van der Waals surface area (Å²) in [4.78, 5) is 45.8. The van der Waals surface area contributed by atoms with Crippen LogP contribution in [-0.2, 0) is 23.6 Å². The van der Waals surface area contributed by atoms with Gasteiger partial charge in [-0.3, -0.25) is 9.59 Å². The van der Waals surface area contributed by atoms with E-state index in [2.05, 4.69) is 10.6 Å². The van der Waals surface area contributed by atoms with Gasteiger partial charge in [-0.1, -0.05) is 13.8 Å². The van der Waals surface area contributed by atoms with E-state index < -0.39 is 50.2 Å². The minimum Gasteiger partial charge on any atom is -0.538 e. The van der Waals surface area contributed by atoms with E-state index in [4.69, 9.17) is 15.9 Å². The second-order valence-corrected chi connectivity index (χ2v) is 6.32. The third-order valence-corrected chi connectivity index (χ3v) is 4.32. The van der Waals surface area contributed by atoms with E-state index in [1.165, 1.54) is 0 Å². The summed E-state index contributed by atoms with van der Waals surface area (Å²) >= 11 is 0. The molecule has 0 unspecified atom stereocenters. The van der Waals surface area contributed by atoms with Crippen molar-refractivity contribution in [2.24, 2.45) is 11.5 Å². The van der Waals surface area contributed by atoms with Gasteiger partial charge in [0.15, 0.2) is 0 Å². The van der Waals surface area contributed by atoms with E-state index in [1.807, 2.05) is 0 Å². The molecule has 0 aromatic rings. The van der Waals surface area contributed by atoms with Gasteiger partial charge < -0.3 is 36.7 Å². The Kier molecular flexibility index (Phi) is 10.2. The highest BCUT2D eigenvalue weighted by molar-refractivity contribution is 6.49. The first-order chi connectivity index (χ1) is 12.2. The Bertz CT molecular complexity index is 577. The Labute approximate surface area is 152 Å². The van der Waals surface area contributed by atoms with Gasteiger partial charge in [0.1, 0.15) is 11.4 Å². The molecule has 0 heterocycles. The quantitative estimate of drug-likeness (QED) is 0.114. The lowest BCUT2D eigenvalue weighted by Crippen LogP contribution is -2.34. The molecule has 26 heavy (non-hydrogen) atoms. The summed E-state index contributed by atoms with van der Waals surface area (Å²) in [7, 11) is -2.30. The molecule has 0 aliphatic carbocycles. The van der Waals surface area contributed by atoms with Gasteiger partial charge in [-0.05, 0) is 12.8 Å². The highest BCUT2D eigenvalue weighted by Crippen LogP contribution is 2.09. The molecule has 0 aromatic carbocycles. The molecule has 12 heteroatoms. The third kappa shape index (κ3) is 7.25. The van der Waals surface area contributed by atoms with Gasteiger partial charge >= 0.3 is 11.9 Å². The Hall–Kier alpha value is -3.02. The summed E-state index contributed by atoms with van der Waals surface area (Å²) in [6, 6.07) is 0. The number of carbonyl (C=O) groups excluding carboxylic acids is 2. The summed E-state index contributed by atoms with van der Waals surface area (Å²) in [6.45, 7) is 4.12. The standard InChI is InChI=1S/C14H24N4O7Si/c1-3-5-17-7(11(15)19)9(13(21)22)25-26-10(14(23)24)8(12(16)20)18-6-4-2/h17-18H,3-6,26H2,1-2H3,(H2,15,19)(H2,16,20)(H,21,22)(H,23,24)/b9-7-,10-8-. The third-order valence-electron chi connectivity index (χ3n) is 2.94. The largest absolute Gasteiger partial charge is 0.538 e. The summed E-state index contributed by atoms with van der Waals surface area (Å²) in [6.07, 6.45) is 1.17. The van der Waals surface area contributed by atoms with E-state index in [0.29, 0.717) is 12.8 Å². The van der Waals surface area contributed by atoms with Crippen LogP contribution in [0.5, 0.6) is 0 Å². The minimum atomic E-state index is -2.30. The first-order valence-electron chi connectivity index (χ1n) is 7.81. The average Bonchev–Trinajstić information content (AvgIpc) is 2.54. The molecule has 0 saturated carbocycles. The van der Waals surface area contributed by atoms with Crippen molar-refractivity contribution in [2.75, 3.05) is 13.1 Å². The van der Waals surface area contributed by atoms with Crippen LogP contribution < -0.4 is 22.1 Å². The molecule has 0 aliphatic rings. The number of aliphatic carboxylic acids is 2. The lowest BCUT2D eigenvalue weighted by Gasteiger charge is -2.15. The van der Waals surface area contributed by atoms with Gasteiger partial charge in [0.05, 0.1) is 5.20 Å². The lowest BCUT2D eigenvalue weighted by molar-refractivity contribution is -0.136. The van der Waals surface area contributed by atoms with Crippen LogP contribution >= 0.6 is 0 Å². The number of hydrogen-bond acceptors (Lipinski definition) is 7. The number of primary amides is 2. The minimum absolute atomic E-state index is 0.256. The zero-order valence-electron chi connectivity index (χ0n) is 14.6. The fourth-order valence-corrected chi connectivity index (χ4v) is 2.87. The number of rotatable bonds is 13. The second-order valence-electron chi connectivity index (χ2n) is 5.04. The zero-order chi connectivity index (χ0) is 20.3. The van der Waals surface area contributed by atoms with Crippen LogP contribution in [-0.4, -0.2) is 56.8 Å². The van der Waals surface area contributed by atoms with Crippen LogP contribution in [0.4, 0.5) is 0 Å².